The van der Waals surface area contributed by atoms with Crippen LogP contribution in [0.4, 0.5) is 0 Å². The first-order valence-corrected chi connectivity index (χ1v) is 10.9. The molecule has 32 heavy (non-hydrogen) atoms. The summed E-state index contributed by atoms with van der Waals surface area (Å²) in [6, 6.07) is 27.9. The highest BCUT2D eigenvalue weighted by Crippen LogP contribution is 2.34. The fourth-order valence-electron chi connectivity index (χ4n) is 4.10. The van der Waals surface area contributed by atoms with E-state index in [0.29, 0.717) is 28.2 Å². The van der Waals surface area contributed by atoms with Crippen LogP contribution >= 0.6 is 11.6 Å². The summed E-state index contributed by atoms with van der Waals surface area (Å²) < 4.78 is 7.33. The zero-order valence-corrected chi connectivity index (χ0v) is 18.3. The second-order valence-electron chi connectivity index (χ2n) is 7.59. The van der Waals surface area contributed by atoms with Crippen molar-refractivity contribution in [3.63, 3.8) is 0 Å². The molecule has 5 aromatic rings. The number of ether oxygens (including phenoxy) is 1. The summed E-state index contributed by atoms with van der Waals surface area (Å²) in [5, 5.41) is 7.40. The Balaban J connectivity index is 1.88. The number of pyridine rings is 1. The van der Waals surface area contributed by atoms with E-state index in [9.17, 15) is 4.79 Å². The van der Waals surface area contributed by atoms with Gasteiger partial charge in [-0.2, -0.15) is 5.10 Å². The molecule has 2 aromatic heterocycles. The quantitative estimate of drug-likeness (QED) is 0.290. The van der Waals surface area contributed by atoms with Crippen molar-refractivity contribution in [1.82, 2.24) is 9.61 Å². The van der Waals surface area contributed by atoms with Crippen LogP contribution < -0.4 is 0 Å². The summed E-state index contributed by atoms with van der Waals surface area (Å²) >= 11 is 6.36. The Hall–Kier alpha value is -3.63. The highest BCUT2D eigenvalue weighted by molar-refractivity contribution is 6.31. The van der Waals surface area contributed by atoms with Gasteiger partial charge in [0.1, 0.15) is 5.56 Å². The summed E-state index contributed by atoms with van der Waals surface area (Å²) in [6.45, 7) is 2.10. The van der Waals surface area contributed by atoms with E-state index in [1.165, 1.54) is 0 Å². The summed E-state index contributed by atoms with van der Waals surface area (Å²) in [6.07, 6.45) is 0.521. The van der Waals surface area contributed by atoms with Crippen molar-refractivity contribution in [2.24, 2.45) is 0 Å². The van der Waals surface area contributed by atoms with E-state index in [4.69, 9.17) is 21.4 Å². The van der Waals surface area contributed by atoms with Crippen molar-refractivity contribution >= 4 is 33.9 Å². The van der Waals surface area contributed by atoms with Gasteiger partial charge in [0.05, 0.1) is 23.5 Å². The van der Waals surface area contributed by atoms with Crippen LogP contribution in [0.5, 0.6) is 0 Å². The molecule has 5 rings (SSSR count). The van der Waals surface area contributed by atoms with E-state index in [2.05, 4.69) is 6.07 Å². The maximum Gasteiger partial charge on any atom is 0.342 e. The molecule has 0 bridgehead atoms. The molecule has 0 fully saturated rings. The van der Waals surface area contributed by atoms with Crippen LogP contribution in [0.15, 0.2) is 84.9 Å². The van der Waals surface area contributed by atoms with Gasteiger partial charge in [0.2, 0.25) is 0 Å². The molecule has 0 N–H and O–H groups in total. The molecule has 3 aromatic carbocycles. The molecule has 0 aliphatic rings. The zero-order valence-electron chi connectivity index (χ0n) is 17.6. The van der Waals surface area contributed by atoms with E-state index in [1.807, 2.05) is 90.3 Å². The van der Waals surface area contributed by atoms with Crippen LogP contribution in [0, 0.1) is 0 Å². The fraction of sp³-hybridized carbons (Fsp3) is 0.111. The second-order valence-corrected chi connectivity index (χ2v) is 8.03. The number of fused-ring (bicyclic) bond motifs is 3. The fourth-order valence-corrected chi connectivity index (χ4v) is 4.27. The molecule has 5 heteroatoms. The molecule has 0 unspecified atom stereocenters. The van der Waals surface area contributed by atoms with Crippen LogP contribution in [0.3, 0.4) is 0 Å². The number of benzene rings is 3. The van der Waals surface area contributed by atoms with E-state index in [0.717, 1.165) is 27.6 Å². The monoisotopic (exact) mass is 440 g/mol. The topological polar surface area (TPSA) is 43.6 Å². The first-order chi connectivity index (χ1) is 15.7. The largest absolute Gasteiger partial charge is 0.462 e. The molecular formula is C27H21ClN2O2. The Kier molecular flexibility index (Phi) is 5.38. The number of rotatable bonds is 5. The Morgan fingerprint density at radius 3 is 2.41 bits per heavy atom. The van der Waals surface area contributed by atoms with Gasteiger partial charge in [-0.3, -0.25) is 0 Å². The van der Waals surface area contributed by atoms with E-state index >= 15 is 0 Å². The third kappa shape index (κ3) is 3.63. The second kappa shape index (κ2) is 8.48. The van der Waals surface area contributed by atoms with Gasteiger partial charge in [-0.25, -0.2) is 9.31 Å². The maximum atomic E-state index is 13.2. The van der Waals surface area contributed by atoms with Gasteiger partial charge in [0.15, 0.2) is 0 Å². The van der Waals surface area contributed by atoms with Gasteiger partial charge in [-0.15, -0.1) is 0 Å². The highest BCUT2D eigenvalue weighted by Gasteiger charge is 2.25. The molecule has 0 atom stereocenters. The average Bonchev–Trinajstić information content (AvgIpc) is 3.19. The lowest BCUT2D eigenvalue weighted by molar-refractivity contribution is 0.0527. The molecule has 0 radical (unpaired) electrons. The normalized spacial score (nSPS) is 11.2. The van der Waals surface area contributed by atoms with Crippen molar-refractivity contribution in [2.75, 3.05) is 6.61 Å². The minimum Gasteiger partial charge on any atom is -0.462 e. The molecule has 0 aliphatic heterocycles. The predicted octanol–water partition coefficient (Wildman–Crippen LogP) is 6.58. The van der Waals surface area contributed by atoms with Crippen molar-refractivity contribution in [3.05, 3.63) is 107 Å². The average molecular weight is 441 g/mol. The van der Waals surface area contributed by atoms with E-state index in [1.54, 1.807) is 0 Å². The lowest BCUT2D eigenvalue weighted by atomic mass is 10.0. The Labute approximate surface area is 191 Å². The van der Waals surface area contributed by atoms with Crippen molar-refractivity contribution in [1.29, 1.82) is 0 Å². The Bertz CT molecular complexity index is 1430. The molecule has 158 valence electrons. The summed E-state index contributed by atoms with van der Waals surface area (Å²) in [7, 11) is 0. The smallest absolute Gasteiger partial charge is 0.342 e. The van der Waals surface area contributed by atoms with E-state index in [-0.39, 0.29) is 12.6 Å². The van der Waals surface area contributed by atoms with E-state index < -0.39 is 0 Å². The van der Waals surface area contributed by atoms with Crippen molar-refractivity contribution in [2.45, 2.75) is 13.3 Å². The summed E-state index contributed by atoms with van der Waals surface area (Å²) in [4.78, 5) is 13.2. The predicted molar refractivity (Wildman–Crippen MR) is 128 cm³/mol. The number of aromatic nitrogens is 2. The van der Waals surface area contributed by atoms with Crippen molar-refractivity contribution in [3.8, 4) is 11.3 Å². The van der Waals surface area contributed by atoms with Crippen molar-refractivity contribution < 1.29 is 9.53 Å². The minimum absolute atomic E-state index is 0.290. The lowest BCUT2D eigenvalue weighted by Crippen LogP contribution is -2.08. The summed E-state index contributed by atoms with van der Waals surface area (Å²) in [5.41, 5.74) is 4.87. The van der Waals surface area contributed by atoms with Gasteiger partial charge in [0, 0.05) is 22.4 Å². The number of hydrogen-bond donors (Lipinski definition) is 0. The molecule has 2 heterocycles. The van der Waals surface area contributed by atoms with Gasteiger partial charge in [-0.05, 0) is 36.1 Å². The number of nitrogens with zero attached hydrogens (tertiary/aromatic N) is 2. The SMILES string of the molecule is CCOC(=O)c1c(Cc2ccccc2)nn2c(-c3ccccc3)cc3ccc(Cl)cc3c12. The molecule has 0 spiro atoms. The zero-order chi connectivity index (χ0) is 22.1. The number of halogens is 1. The van der Waals surface area contributed by atoms with Crippen LogP contribution in [0.1, 0.15) is 28.5 Å². The number of carbonyl (C=O) groups is 1. The Morgan fingerprint density at radius 2 is 1.69 bits per heavy atom. The number of hydrogen-bond acceptors (Lipinski definition) is 3. The molecule has 4 nitrogen and oxygen atoms in total. The standard InChI is InChI=1S/C27H21ClN2O2/c1-2-32-27(31)25-23(15-18-9-5-3-6-10-18)29-30-24(19-11-7-4-8-12-19)16-20-13-14-21(28)17-22(20)26(25)30/h3-14,16-17H,2,15H2,1H3. The third-order valence-electron chi connectivity index (χ3n) is 5.51. The number of esters is 1. The van der Waals surface area contributed by atoms with Gasteiger partial charge in [-0.1, -0.05) is 78.3 Å². The van der Waals surface area contributed by atoms with Gasteiger partial charge >= 0.3 is 5.97 Å². The molecular weight excluding hydrogens is 420 g/mol. The van der Waals surface area contributed by atoms with Crippen LogP contribution in [-0.2, 0) is 11.2 Å². The maximum absolute atomic E-state index is 13.2. The molecule has 0 aliphatic carbocycles. The van der Waals surface area contributed by atoms with Crippen LogP contribution in [0.25, 0.3) is 27.5 Å². The Morgan fingerprint density at radius 1 is 0.969 bits per heavy atom. The molecule has 0 saturated carbocycles. The van der Waals surface area contributed by atoms with Crippen LogP contribution in [0.2, 0.25) is 5.02 Å². The number of carbonyl (C=O) groups excluding carboxylic acids is 1. The molecule has 0 amide bonds. The molecule has 0 saturated heterocycles. The summed E-state index contributed by atoms with van der Waals surface area (Å²) in [5.74, 6) is -0.375. The first kappa shape index (κ1) is 20.3. The first-order valence-electron chi connectivity index (χ1n) is 10.6. The van der Waals surface area contributed by atoms with Gasteiger partial charge < -0.3 is 4.74 Å². The minimum atomic E-state index is -0.375. The van der Waals surface area contributed by atoms with Gasteiger partial charge in [0.25, 0.3) is 0 Å². The third-order valence-corrected chi connectivity index (χ3v) is 5.75. The highest BCUT2D eigenvalue weighted by atomic mass is 35.5. The van der Waals surface area contributed by atoms with Crippen LogP contribution in [-0.4, -0.2) is 22.2 Å². The lowest BCUT2D eigenvalue weighted by Gasteiger charge is -2.10.